The maximum absolute atomic E-state index is 13.2. The van der Waals surface area contributed by atoms with Crippen molar-refractivity contribution >= 4 is 21.6 Å². The minimum absolute atomic E-state index is 0.0587. The Labute approximate surface area is 115 Å². The second-order valence-corrected chi connectivity index (χ2v) is 6.31. The number of nitriles is 1. The minimum atomic E-state index is -3.98. The summed E-state index contributed by atoms with van der Waals surface area (Å²) in [5.41, 5.74) is 0. The van der Waals surface area contributed by atoms with Gasteiger partial charge in [0.05, 0.1) is 11.1 Å². The van der Waals surface area contributed by atoms with Gasteiger partial charge in [0, 0.05) is 19.6 Å². The lowest BCUT2D eigenvalue weighted by molar-refractivity contribution is 0.311. The number of piperazine rings is 1. The molecule has 1 heterocycles. The van der Waals surface area contributed by atoms with Crippen LogP contribution in [0.25, 0.3) is 0 Å². The van der Waals surface area contributed by atoms with Crippen molar-refractivity contribution in [3.8, 4) is 6.07 Å². The highest BCUT2D eigenvalue weighted by molar-refractivity contribution is 7.89. The summed E-state index contributed by atoms with van der Waals surface area (Å²) >= 11 is 5.82. The first-order chi connectivity index (χ1) is 8.96. The van der Waals surface area contributed by atoms with Gasteiger partial charge < -0.3 is 5.32 Å². The van der Waals surface area contributed by atoms with Crippen molar-refractivity contribution in [2.45, 2.75) is 10.9 Å². The molecule has 0 radical (unpaired) electrons. The number of rotatable bonds is 2. The molecule has 0 aliphatic carbocycles. The zero-order chi connectivity index (χ0) is 14.0. The number of hydrogen-bond acceptors (Lipinski definition) is 4. The molecule has 1 aromatic rings. The first kappa shape index (κ1) is 14.2. The number of sulfonamides is 1. The molecule has 1 aliphatic rings. The van der Waals surface area contributed by atoms with Crippen molar-refractivity contribution in [3.05, 3.63) is 29.0 Å². The fourth-order valence-electron chi connectivity index (χ4n) is 1.88. The predicted octanol–water partition coefficient (Wildman–Crippen LogP) is 0.965. The van der Waals surface area contributed by atoms with E-state index >= 15 is 0 Å². The lowest BCUT2D eigenvalue weighted by atomic mass is 10.3. The molecule has 0 amide bonds. The average Bonchev–Trinajstić information content (AvgIpc) is 2.41. The number of benzene rings is 1. The second-order valence-electron chi connectivity index (χ2n) is 4.04. The Balaban J connectivity index is 2.47. The van der Waals surface area contributed by atoms with Crippen LogP contribution in [0.4, 0.5) is 4.39 Å². The molecule has 8 heteroatoms. The molecule has 2 rings (SSSR count). The van der Waals surface area contributed by atoms with Crippen LogP contribution in [0.5, 0.6) is 0 Å². The van der Waals surface area contributed by atoms with E-state index in [0.717, 1.165) is 16.4 Å². The van der Waals surface area contributed by atoms with Gasteiger partial charge in [0.15, 0.2) is 0 Å². The molecule has 5 nitrogen and oxygen atoms in total. The average molecular weight is 304 g/mol. The zero-order valence-electron chi connectivity index (χ0n) is 9.81. The summed E-state index contributed by atoms with van der Waals surface area (Å²) in [5, 5.41) is 11.9. The van der Waals surface area contributed by atoms with E-state index in [1.165, 1.54) is 6.07 Å². The molecule has 1 fully saturated rings. The first-order valence-corrected chi connectivity index (χ1v) is 7.36. The first-order valence-electron chi connectivity index (χ1n) is 5.54. The van der Waals surface area contributed by atoms with Crippen LogP contribution in [-0.2, 0) is 10.0 Å². The highest BCUT2D eigenvalue weighted by atomic mass is 35.5. The molecule has 1 atom stereocenters. The second kappa shape index (κ2) is 5.43. The summed E-state index contributed by atoms with van der Waals surface area (Å²) in [7, 11) is -3.98. The van der Waals surface area contributed by atoms with Gasteiger partial charge in [-0.05, 0) is 18.2 Å². The predicted molar refractivity (Wildman–Crippen MR) is 67.6 cm³/mol. The zero-order valence-corrected chi connectivity index (χ0v) is 11.4. The van der Waals surface area contributed by atoms with E-state index in [9.17, 15) is 12.8 Å². The third-order valence-electron chi connectivity index (χ3n) is 2.82. The van der Waals surface area contributed by atoms with Crippen LogP contribution in [0.2, 0.25) is 5.02 Å². The monoisotopic (exact) mass is 303 g/mol. The van der Waals surface area contributed by atoms with E-state index in [4.69, 9.17) is 16.9 Å². The van der Waals surface area contributed by atoms with Crippen LogP contribution in [0.3, 0.4) is 0 Å². The van der Waals surface area contributed by atoms with Crippen LogP contribution in [-0.4, -0.2) is 38.4 Å². The maximum atomic E-state index is 13.2. The Bertz CT molecular complexity index is 629. The van der Waals surface area contributed by atoms with Gasteiger partial charge in [-0.15, -0.1) is 0 Å². The lowest BCUT2D eigenvalue weighted by Gasteiger charge is -2.31. The molecule has 0 bridgehead atoms. The summed E-state index contributed by atoms with van der Waals surface area (Å²) in [6.07, 6.45) is 0. The maximum Gasteiger partial charge on any atom is 0.245 e. The van der Waals surface area contributed by atoms with Crippen LogP contribution >= 0.6 is 11.6 Å². The van der Waals surface area contributed by atoms with Crippen LogP contribution < -0.4 is 5.32 Å². The standard InChI is InChI=1S/C11H11ClFN3O2S/c12-10-2-1-8(13)5-11(10)19(17,18)16-4-3-15-7-9(16)6-14/h1-2,5,9,15H,3-4,7H2. The van der Waals surface area contributed by atoms with Crippen molar-refractivity contribution < 1.29 is 12.8 Å². The smallest absolute Gasteiger partial charge is 0.245 e. The highest BCUT2D eigenvalue weighted by Gasteiger charge is 2.34. The normalized spacial score (nSPS) is 21.0. The molecule has 1 aromatic carbocycles. The molecule has 1 unspecified atom stereocenters. The van der Waals surface area contributed by atoms with Crippen molar-refractivity contribution in [2.75, 3.05) is 19.6 Å². The Morgan fingerprint density at radius 2 is 2.26 bits per heavy atom. The fraction of sp³-hybridized carbons (Fsp3) is 0.364. The molecular formula is C11H11ClFN3O2S. The lowest BCUT2D eigenvalue weighted by Crippen LogP contribution is -2.52. The number of nitrogens with zero attached hydrogens (tertiary/aromatic N) is 2. The third kappa shape index (κ3) is 2.72. The topological polar surface area (TPSA) is 73.2 Å². The minimum Gasteiger partial charge on any atom is -0.313 e. The molecule has 19 heavy (non-hydrogen) atoms. The molecule has 0 saturated carbocycles. The van der Waals surface area contributed by atoms with Gasteiger partial charge in [-0.25, -0.2) is 12.8 Å². The Morgan fingerprint density at radius 1 is 1.53 bits per heavy atom. The SMILES string of the molecule is N#CC1CNCCN1S(=O)(=O)c1cc(F)ccc1Cl. The third-order valence-corrected chi connectivity index (χ3v) is 5.21. The molecular weight excluding hydrogens is 293 g/mol. The Hall–Kier alpha value is -1.20. The molecule has 102 valence electrons. The molecule has 0 aromatic heterocycles. The van der Waals surface area contributed by atoms with Gasteiger partial charge in [0.25, 0.3) is 0 Å². The van der Waals surface area contributed by atoms with Gasteiger partial charge in [-0.3, -0.25) is 0 Å². The van der Waals surface area contributed by atoms with Gasteiger partial charge in [-0.2, -0.15) is 9.57 Å². The Kier molecular flexibility index (Phi) is 4.06. The molecule has 1 aliphatic heterocycles. The number of nitrogens with one attached hydrogen (secondary N) is 1. The van der Waals surface area contributed by atoms with Gasteiger partial charge in [0.2, 0.25) is 10.0 Å². The van der Waals surface area contributed by atoms with Crippen molar-refractivity contribution in [3.63, 3.8) is 0 Å². The Morgan fingerprint density at radius 3 is 2.95 bits per heavy atom. The van der Waals surface area contributed by atoms with E-state index in [2.05, 4.69) is 5.32 Å². The van der Waals surface area contributed by atoms with Crippen molar-refractivity contribution in [1.82, 2.24) is 9.62 Å². The van der Waals surface area contributed by atoms with Gasteiger partial charge in [0.1, 0.15) is 16.8 Å². The van der Waals surface area contributed by atoms with Crippen LogP contribution in [0.1, 0.15) is 0 Å². The summed E-state index contributed by atoms with van der Waals surface area (Å²) in [6, 6.07) is 4.23. The molecule has 1 N–H and O–H groups in total. The van der Waals surface area contributed by atoms with Gasteiger partial charge in [-0.1, -0.05) is 11.6 Å². The summed E-state index contributed by atoms with van der Waals surface area (Å²) in [4.78, 5) is -0.309. The highest BCUT2D eigenvalue weighted by Crippen LogP contribution is 2.27. The number of halogens is 2. The molecule has 0 spiro atoms. The largest absolute Gasteiger partial charge is 0.313 e. The van der Waals surface area contributed by atoms with E-state index in [0.29, 0.717) is 6.54 Å². The van der Waals surface area contributed by atoms with E-state index in [-0.39, 0.29) is 23.0 Å². The molecule has 1 saturated heterocycles. The summed E-state index contributed by atoms with van der Waals surface area (Å²) in [6.45, 7) is 0.820. The van der Waals surface area contributed by atoms with Gasteiger partial charge >= 0.3 is 0 Å². The van der Waals surface area contributed by atoms with Crippen molar-refractivity contribution in [1.29, 1.82) is 5.26 Å². The van der Waals surface area contributed by atoms with E-state index in [1.54, 1.807) is 0 Å². The quantitative estimate of drug-likeness (QED) is 0.883. The van der Waals surface area contributed by atoms with E-state index < -0.39 is 21.9 Å². The van der Waals surface area contributed by atoms with Crippen molar-refractivity contribution in [2.24, 2.45) is 0 Å². The summed E-state index contributed by atoms with van der Waals surface area (Å²) in [5.74, 6) is -0.688. The van der Waals surface area contributed by atoms with Crippen LogP contribution in [0, 0.1) is 17.1 Å². The summed E-state index contributed by atoms with van der Waals surface area (Å²) < 4.78 is 39.1. The number of hydrogen-bond donors (Lipinski definition) is 1. The van der Waals surface area contributed by atoms with Crippen LogP contribution in [0.15, 0.2) is 23.1 Å². The fourth-order valence-corrected chi connectivity index (χ4v) is 3.91. The van der Waals surface area contributed by atoms with E-state index in [1.807, 2.05) is 6.07 Å².